The summed E-state index contributed by atoms with van der Waals surface area (Å²) in [6.07, 6.45) is 0.790. The van der Waals surface area contributed by atoms with E-state index in [9.17, 15) is 9.90 Å². The molecule has 2 N–H and O–H groups in total. The van der Waals surface area contributed by atoms with Gasteiger partial charge in [0.2, 0.25) is 5.91 Å². The van der Waals surface area contributed by atoms with Gasteiger partial charge in [0, 0.05) is 12.5 Å². The Morgan fingerprint density at radius 3 is 3.00 bits per heavy atom. The second-order valence-electron chi connectivity index (χ2n) is 2.74. The molecule has 3 heteroatoms. The van der Waals surface area contributed by atoms with Crippen LogP contribution in [0, 0.1) is 5.92 Å². The number of aliphatic hydroxyl groups excluding tert-OH is 1. The van der Waals surface area contributed by atoms with Crippen LogP contribution in [0.25, 0.3) is 0 Å². The number of carbonyl (C=O) groups is 1. The molecule has 1 rings (SSSR count). The maximum atomic E-state index is 10.7. The summed E-state index contributed by atoms with van der Waals surface area (Å²) in [5.41, 5.74) is 0. The molecule has 3 nitrogen and oxygen atoms in total. The van der Waals surface area contributed by atoms with Crippen molar-refractivity contribution in [3.05, 3.63) is 0 Å². The van der Waals surface area contributed by atoms with Crippen LogP contribution in [0.4, 0.5) is 0 Å². The first-order valence-electron chi connectivity index (χ1n) is 3.68. The molecule has 0 spiro atoms. The summed E-state index contributed by atoms with van der Waals surface area (Å²) in [6, 6.07) is 0. The largest absolute Gasteiger partial charge is 0.392 e. The molecule has 1 fully saturated rings. The van der Waals surface area contributed by atoms with Crippen LogP contribution in [0.5, 0.6) is 0 Å². The van der Waals surface area contributed by atoms with Gasteiger partial charge < -0.3 is 10.4 Å². The zero-order valence-electron chi connectivity index (χ0n) is 6.13. The van der Waals surface area contributed by atoms with Crippen LogP contribution in [0.15, 0.2) is 0 Å². The SMILES string of the molecule is CC[C@H]1CNC(=O)C[C@@H]1O. The standard InChI is InChI=1S/C7H13NO2/c1-2-5-4-8-7(10)3-6(5)9/h5-6,9H,2-4H2,1H3,(H,8,10)/t5-,6-/m0/s1. The van der Waals surface area contributed by atoms with Gasteiger partial charge >= 0.3 is 0 Å². The van der Waals surface area contributed by atoms with Gasteiger partial charge in [-0.1, -0.05) is 6.92 Å². The van der Waals surface area contributed by atoms with Crippen molar-refractivity contribution in [2.45, 2.75) is 25.9 Å². The Morgan fingerprint density at radius 2 is 2.50 bits per heavy atom. The van der Waals surface area contributed by atoms with Gasteiger partial charge in [-0.15, -0.1) is 0 Å². The molecule has 0 aromatic rings. The third kappa shape index (κ3) is 1.48. The van der Waals surface area contributed by atoms with Crippen molar-refractivity contribution < 1.29 is 9.90 Å². The van der Waals surface area contributed by atoms with Crippen LogP contribution >= 0.6 is 0 Å². The number of carbonyl (C=O) groups excluding carboxylic acids is 1. The minimum absolute atomic E-state index is 0.0304. The van der Waals surface area contributed by atoms with Crippen molar-refractivity contribution >= 4 is 5.91 Å². The molecule has 0 unspecified atom stereocenters. The Morgan fingerprint density at radius 1 is 1.80 bits per heavy atom. The fraction of sp³-hybridized carbons (Fsp3) is 0.857. The molecular weight excluding hydrogens is 130 g/mol. The van der Waals surface area contributed by atoms with Gasteiger partial charge in [-0.2, -0.15) is 0 Å². The van der Waals surface area contributed by atoms with Gasteiger partial charge in [-0.05, 0) is 6.42 Å². The maximum absolute atomic E-state index is 10.7. The highest BCUT2D eigenvalue weighted by atomic mass is 16.3. The van der Waals surface area contributed by atoms with Crippen molar-refractivity contribution in [1.29, 1.82) is 0 Å². The van der Waals surface area contributed by atoms with Gasteiger partial charge in [-0.25, -0.2) is 0 Å². The van der Waals surface area contributed by atoms with Gasteiger partial charge in [-0.3, -0.25) is 4.79 Å². The zero-order chi connectivity index (χ0) is 7.56. The van der Waals surface area contributed by atoms with E-state index in [1.165, 1.54) is 0 Å². The lowest BCUT2D eigenvalue weighted by Gasteiger charge is -2.26. The number of amides is 1. The third-order valence-corrected chi connectivity index (χ3v) is 2.02. The summed E-state index contributed by atoms with van der Waals surface area (Å²) in [4.78, 5) is 10.7. The van der Waals surface area contributed by atoms with Crippen LogP contribution in [-0.4, -0.2) is 23.7 Å². The van der Waals surface area contributed by atoms with Crippen LogP contribution < -0.4 is 5.32 Å². The number of hydrogen-bond donors (Lipinski definition) is 2. The predicted molar refractivity (Wildman–Crippen MR) is 37.4 cm³/mol. The van der Waals surface area contributed by atoms with Crippen molar-refractivity contribution in [3.63, 3.8) is 0 Å². The van der Waals surface area contributed by atoms with Crippen LogP contribution in [-0.2, 0) is 4.79 Å². The molecule has 0 radical (unpaired) electrons. The molecule has 0 aliphatic carbocycles. The fourth-order valence-electron chi connectivity index (χ4n) is 1.23. The summed E-state index contributed by atoms with van der Waals surface area (Å²) in [5, 5.41) is 12.0. The fourth-order valence-corrected chi connectivity index (χ4v) is 1.23. The van der Waals surface area contributed by atoms with E-state index in [4.69, 9.17) is 0 Å². The average molecular weight is 143 g/mol. The van der Waals surface area contributed by atoms with E-state index in [2.05, 4.69) is 5.32 Å². The van der Waals surface area contributed by atoms with E-state index < -0.39 is 6.10 Å². The molecule has 0 bridgehead atoms. The molecule has 0 aromatic heterocycles. The molecule has 10 heavy (non-hydrogen) atoms. The molecular formula is C7H13NO2. The van der Waals surface area contributed by atoms with Crippen LogP contribution in [0.2, 0.25) is 0 Å². The van der Waals surface area contributed by atoms with Crippen LogP contribution in [0.1, 0.15) is 19.8 Å². The van der Waals surface area contributed by atoms with Crippen molar-refractivity contribution in [3.8, 4) is 0 Å². The van der Waals surface area contributed by atoms with E-state index in [-0.39, 0.29) is 18.2 Å². The third-order valence-electron chi connectivity index (χ3n) is 2.02. The summed E-state index contributed by atoms with van der Waals surface area (Å²) in [6.45, 7) is 2.65. The van der Waals surface area contributed by atoms with E-state index in [0.717, 1.165) is 6.42 Å². The van der Waals surface area contributed by atoms with Crippen molar-refractivity contribution in [2.75, 3.05) is 6.54 Å². The lowest BCUT2D eigenvalue weighted by molar-refractivity contribution is -0.126. The summed E-state index contributed by atoms with van der Waals surface area (Å²) in [7, 11) is 0. The minimum atomic E-state index is -0.418. The van der Waals surface area contributed by atoms with Crippen LogP contribution in [0.3, 0.4) is 0 Å². The molecule has 0 saturated carbocycles. The number of hydrogen-bond acceptors (Lipinski definition) is 2. The molecule has 2 atom stereocenters. The van der Waals surface area contributed by atoms with E-state index in [1.54, 1.807) is 0 Å². The molecule has 1 aliphatic rings. The number of nitrogens with one attached hydrogen (secondary N) is 1. The molecule has 1 amide bonds. The minimum Gasteiger partial charge on any atom is -0.392 e. The highest BCUT2D eigenvalue weighted by Crippen LogP contribution is 2.14. The first kappa shape index (κ1) is 7.54. The van der Waals surface area contributed by atoms with E-state index in [0.29, 0.717) is 6.54 Å². The number of aliphatic hydroxyl groups is 1. The van der Waals surface area contributed by atoms with E-state index in [1.807, 2.05) is 6.92 Å². The Hall–Kier alpha value is -0.570. The second kappa shape index (κ2) is 3.01. The Labute approximate surface area is 60.4 Å². The summed E-state index contributed by atoms with van der Waals surface area (Å²) in [5.74, 6) is 0.231. The first-order chi connectivity index (χ1) is 4.74. The predicted octanol–water partition coefficient (Wildman–Crippen LogP) is -0.107. The highest BCUT2D eigenvalue weighted by Gasteiger charge is 2.25. The maximum Gasteiger partial charge on any atom is 0.222 e. The van der Waals surface area contributed by atoms with Crippen molar-refractivity contribution in [1.82, 2.24) is 5.32 Å². The van der Waals surface area contributed by atoms with Gasteiger partial charge in [0.05, 0.1) is 12.5 Å². The Bertz CT molecular complexity index is 136. The second-order valence-corrected chi connectivity index (χ2v) is 2.74. The lowest BCUT2D eigenvalue weighted by atomic mass is 9.93. The number of rotatable bonds is 1. The quantitative estimate of drug-likeness (QED) is 0.538. The van der Waals surface area contributed by atoms with Gasteiger partial charge in [0.25, 0.3) is 0 Å². The molecule has 1 saturated heterocycles. The average Bonchev–Trinajstić information content (AvgIpc) is 1.88. The summed E-state index contributed by atoms with van der Waals surface area (Å²) < 4.78 is 0. The monoisotopic (exact) mass is 143 g/mol. The normalized spacial score (nSPS) is 33.6. The highest BCUT2D eigenvalue weighted by molar-refractivity contribution is 5.77. The molecule has 58 valence electrons. The van der Waals surface area contributed by atoms with E-state index >= 15 is 0 Å². The molecule has 0 aromatic carbocycles. The first-order valence-corrected chi connectivity index (χ1v) is 3.68. The molecule has 1 heterocycles. The molecule has 1 aliphatic heterocycles. The zero-order valence-corrected chi connectivity index (χ0v) is 6.13. The van der Waals surface area contributed by atoms with Crippen molar-refractivity contribution in [2.24, 2.45) is 5.92 Å². The topological polar surface area (TPSA) is 49.3 Å². The van der Waals surface area contributed by atoms with Gasteiger partial charge in [0.15, 0.2) is 0 Å². The number of piperidine rings is 1. The lowest BCUT2D eigenvalue weighted by Crippen LogP contribution is -2.43. The Balaban J connectivity index is 2.43. The summed E-state index contributed by atoms with van der Waals surface area (Å²) >= 11 is 0. The Kier molecular flexibility index (Phi) is 2.27. The van der Waals surface area contributed by atoms with Gasteiger partial charge in [0.1, 0.15) is 0 Å². The smallest absolute Gasteiger partial charge is 0.222 e.